The van der Waals surface area contributed by atoms with Gasteiger partial charge in [0, 0.05) is 21.7 Å². The third-order valence-corrected chi connectivity index (χ3v) is 5.43. The number of nitrogens with zero attached hydrogens (tertiary/aromatic N) is 1. The number of nitrogens with one attached hydrogen (secondary N) is 1. The van der Waals surface area contributed by atoms with Crippen molar-refractivity contribution in [3.63, 3.8) is 0 Å². The topological polar surface area (TPSA) is 66.5 Å². The van der Waals surface area contributed by atoms with E-state index in [2.05, 4.69) is 11.3 Å². The fourth-order valence-electron chi connectivity index (χ4n) is 3.30. The first kappa shape index (κ1) is 17.2. The van der Waals surface area contributed by atoms with Crippen molar-refractivity contribution in [2.45, 2.75) is 6.54 Å². The smallest absolute Gasteiger partial charge is 0.259 e. The lowest BCUT2D eigenvalue weighted by molar-refractivity contribution is 0.0991. The van der Waals surface area contributed by atoms with Crippen LogP contribution in [0, 0.1) is 5.82 Å². The van der Waals surface area contributed by atoms with Crippen LogP contribution in [0.2, 0.25) is 0 Å². The fourth-order valence-corrected chi connectivity index (χ4v) is 3.87. The summed E-state index contributed by atoms with van der Waals surface area (Å²) in [5.74, 6) is -0.570. The summed E-state index contributed by atoms with van der Waals surface area (Å²) in [7, 11) is -3.68. The summed E-state index contributed by atoms with van der Waals surface area (Å²) in [6.07, 6.45) is 0. The summed E-state index contributed by atoms with van der Waals surface area (Å²) in [5, 5.41) is 2.12. The van der Waals surface area contributed by atoms with Crippen LogP contribution >= 0.6 is 0 Å². The van der Waals surface area contributed by atoms with Crippen LogP contribution in [0.15, 0.2) is 66.6 Å². The van der Waals surface area contributed by atoms with Crippen LogP contribution in [-0.2, 0) is 16.6 Å². The maximum Gasteiger partial charge on any atom is 0.259 e. The van der Waals surface area contributed by atoms with E-state index in [9.17, 15) is 17.6 Å². The zero-order valence-electron chi connectivity index (χ0n) is 14.1. The first-order chi connectivity index (χ1) is 12.9. The number of amides is 1. The molecule has 0 fully saturated rings. The maximum absolute atomic E-state index is 13.5. The van der Waals surface area contributed by atoms with Crippen LogP contribution in [-0.4, -0.2) is 14.3 Å². The molecule has 0 atom stereocenters. The highest BCUT2D eigenvalue weighted by Gasteiger charge is 2.30. The van der Waals surface area contributed by atoms with Gasteiger partial charge in [-0.1, -0.05) is 30.8 Å². The van der Waals surface area contributed by atoms with E-state index in [0.717, 1.165) is 5.41 Å². The predicted octanol–water partition coefficient (Wildman–Crippen LogP) is 4.02. The number of halogens is 1. The summed E-state index contributed by atoms with van der Waals surface area (Å²) in [4.78, 5) is 14.5. The largest absolute Gasteiger partial charge is 0.303 e. The average molecular weight is 382 g/mol. The summed E-state index contributed by atoms with van der Waals surface area (Å²) >= 11 is 0. The van der Waals surface area contributed by atoms with Crippen LogP contribution in [0.3, 0.4) is 0 Å². The molecule has 4 rings (SSSR count). The summed E-state index contributed by atoms with van der Waals surface area (Å²) in [6.45, 7) is 3.51. The van der Waals surface area contributed by atoms with Crippen molar-refractivity contribution in [1.82, 2.24) is 0 Å². The van der Waals surface area contributed by atoms with Gasteiger partial charge in [-0.05, 0) is 35.9 Å². The normalized spacial score (nSPS) is 13.2. The SMILES string of the molecule is C=CS(=O)(=O)Nc1ccc2c3c(cccc13)C(=O)N2Cc1cccc(F)c1. The molecule has 0 radical (unpaired) electrons. The van der Waals surface area contributed by atoms with Crippen molar-refractivity contribution in [3.8, 4) is 0 Å². The maximum atomic E-state index is 13.5. The van der Waals surface area contributed by atoms with Crippen LogP contribution in [0.1, 0.15) is 15.9 Å². The van der Waals surface area contributed by atoms with Gasteiger partial charge in [0.15, 0.2) is 0 Å². The number of rotatable bonds is 5. The minimum atomic E-state index is -3.68. The summed E-state index contributed by atoms with van der Waals surface area (Å²) in [6, 6.07) is 14.5. The van der Waals surface area contributed by atoms with Crippen molar-refractivity contribution in [2.24, 2.45) is 0 Å². The molecule has 3 aromatic rings. The Labute approximate surface area is 155 Å². The third kappa shape index (κ3) is 2.96. The Bertz CT molecular complexity index is 1210. The molecule has 27 heavy (non-hydrogen) atoms. The Morgan fingerprint density at radius 3 is 2.63 bits per heavy atom. The Hall–Kier alpha value is -3.19. The van der Waals surface area contributed by atoms with Gasteiger partial charge in [-0.15, -0.1) is 0 Å². The van der Waals surface area contributed by atoms with E-state index in [4.69, 9.17) is 0 Å². The quantitative estimate of drug-likeness (QED) is 0.725. The van der Waals surface area contributed by atoms with Crippen molar-refractivity contribution in [3.05, 3.63) is 83.5 Å². The summed E-state index contributed by atoms with van der Waals surface area (Å²) in [5.41, 5.74) is 2.19. The zero-order valence-corrected chi connectivity index (χ0v) is 15.0. The van der Waals surface area contributed by atoms with Crippen molar-refractivity contribution in [2.75, 3.05) is 9.62 Å². The minimum absolute atomic E-state index is 0.205. The van der Waals surface area contributed by atoms with Gasteiger partial charge in [0.2, 0.25) is 0 Å². The Balaban J connectivity index is 1.82. The molecule has 3 aromatic carbocycles. The van der Waals surface area contributed by atoms with Crippen LogP contribution in [0.25, 0.3) is 10.8 Å². The molecule has 0 aliphatic carbocycles. The molecular weight excluding hydrogens is 367 g/mol. The monoisotopic (exact) mass is 382 g/mol. The Kier molecular flexibility index (Phi) is 3.96. The highest BCUT2D eigenvalue weighted by atomic mass is 32.2. The number of carbonyl (C=O) groups is 1. The lowest BCUT2D eigenvalue weighted by Crippen LogP contribution is -2.26. The number of carbonyl (C=O) groups excluding carboxylic acids is 1. The van der Waals surface area contributed by atoms with E-state index >= 15 is 0 Å². The van der Waals surface area contributed by atoms with Crippen LogP contribution in [0.5, 0.6) is 0 Å². The first-order valence-corrected chi connectivity index (χ1v) is 9.71. The molecule has 1 heterocycles. The van der Waals surface area contributed by atoms with Crippen LogP contribution < -0.4 is 9.62 Å². The average Bonchev–Trinajstić information content (AvgIpc) is 2.91. The third-order valence-electron chi connectivity index (χ3n) is 4.49. The van der Waals surface area contributed by atoms with E-state index < -0.39 is 10.0 Å². The lowest BCUT2D eigenvalue weighted by atomic mass is 10.0. The number of hydrogen-bond donors (Lipinski definition) is 1. The van der Waals surface area contributed by atoms with E-state index in [-0.39, 0.29) is 18.3 Å². The summed E-state index contributed by atoms with van der Waals surface area (Å²) < 4.78 is 39.7. The Morgan fingerprint density at radius 2 is 1.89 bits per heavy atom. The Morgan fingerprint density at radius 1 is 1.11 bits per heavy atom. The molecule has 1 N–H and O–H groups in total. The van der Waals surface area contributed by atoms with Gasteiger partial charge < -0.3 is 4.90 Å². The molecule has 1 amide bonds. The molecule has 7 heteroatoms. The number of hydrogen-bond acceptors (Lipinski definition) is 3. The van der Waals surface area contributed by atoms with Gasteiger partial charge in [0.05, 0.1) is 17.9 Å². The van der Waals surface area contributed by atoms with Crippen molar-refractivity contribution >= 4 is 38.1 Å². The molecule has 0 aromatic heterocycles. The molecule has 1 aliphatic heterocycles. The molecule has 0 saturated heterocycles. The number of anilines is 2. The van der Waals surface area contributed by atoms with Crippen LogP contribution in [0.4, 0.5) is 15.8 Å². The molecule has 136 valence electrons. The molecule has 5 nitrogen and oxygen atoms in total. The highest BCUT2D eigenvalue weighted by Crippen LogP contribution is 2.41. The zero-order chi connectivity index (χ0) is 19.2. The van der Waals surface area contributed by atoms with Gasteiger partial charge in [-0.3, -0.25) is 9.52 Å². The number of benzene rings is 3. The molecular formula is C20H15FN2O3S. The van der Waals surface area contributed by atoms with Crippen molar-refractivity contribution in [1.29, 1.82) is 0 Å². The molecule has 0 unspecified atom stereocenters. The lowest BCUT2D eigenvalue weighted by Gasteiger charge is -2.18. The molecule has 0 saturated carbocycles. The second-order valence-corrected chi connectivity index (χ2v) is 7.82. The molecule has 0 spiro atoms. The number of sulfonamides is 1. The van der Waals surface area contributed by atoms with E-state index in [1.807, 2.05) is 0 Å². The fraction of sp³-hybridized carbons (Fsp3) is 0.0500. The van der Waals surface area contributed by atoms with Gasteiger partial charge >= 0.3 is 0 Å². The van der Waals surface area contributed by atoms with E-state index in [0.29, 0.717) is 33.3 Å². The van der Waals surface area contributed by atoms with Gasteiger partial charge in [0.1, 0.15) is 5.82 Å². The van der Waals surface area contributed by atoms with Gasteiger partial charge in [-0.2, -0.15) is 0 Å². The molecule has 1 aliphatic rings. The molecule has 0 bridgehead atoms. The van der Waals surface area contributed by atoms with Gasteiger partial charge in [-0.25, -0.2) is 12.8 Å². The standard InChI is InChI=1S/C20H15FN2O3S/c1-2-27(25,26)22-17-9-10-18-19-15(17)7-4-8-16(19)20(24)23(18)12-13-5-3-6-14(21)11-13/h2-11,22H,1,12H2. The van der Waals surface area contributed by atoms with E-state index in [1.165, 1.54) is 12.1 Å². The first-order valence-electron chi connectivity index (χ1n) is 8.17. The predicted molar refractivity (Wildman–Crippen MR) is 104 cm³/mol. The van der Waals surface area contributed by atoms with E-state index in [1.54, 1.807) is 47.4 Å². The second kappa shape index (κ2) is 6.21. The van der Waals surface area contributed by atoms with Crippen molar-refractivity contribution < 1.29 is 17.6 Å². The second-order valence-electron chi connectivity index (χ2n) is 6.20. The minimum Gasteiger partial charge on any atom is -0.303 e. The highest BCUT2D eigenvalue weighted by molar-refractivity contribution is 7.95. The van der Waals surface area contributed by atoms with Gasteiger partial charge in [0.25, 0.3) is 15.9 Å².